The number of benzene rings is 1. The fraction of sp³-hybridized carbons (Fsp3) is 0.438. The molecule has 0 saturated carbocycles. The topological polar surface area (TPSA) is 129 Å². The summed E-state index contributed by atoms with van der Waals surface area (Å²) in [5.41, 5.74) is 13.1. The van der Waals surface area contributed by atoms with E-state index in [0.29, 0.717) is 12.2 Å². The van der Waals surface area contributed by atoms with Crippen LogP contribution in [-0.2, 0) is 11.2 Å². The van der Waals surface area contributed by atoms with Crippen LogP contribution in [0.25, 0.3) is 0 Å². The Balaban J connectivity index is 2.67. The van der Waals surface area contributed by atoms with Crippen molar-refractivity contribution in [2.24, 2.45) is 11.5 Å². The van der Waals surface area contributed by atoms with E-state index < -0.39 is 0 Å². The second-order valence-electron chi connectivity index (χ2n) is 5.29. The zero-order chi connectivity index (χ0) is 17.9. The Bertz CT molecular complexity index is 562. The molecule has 0 aliphatic carbocycles. The first-order valence-electron chi connectivity index (χ1n) is 7.65. The van der Waals surface area contributed by atoms with Gasteiger partial charge < -0.3 is 16.8 Å². The second kappa shape index (κ2) is 11.0. The van der Waals surface area contributed by atoms with Gasteiger partial charge in [0.1, 0.15) is 0 Å². The molecule has 8 heteroatoms. The number of hydrogen-bond donors (Lipinski definition) is 5. The zero-order valence-electron chi connectivity index (χ0n) is 13.8. The molecule has 1 aromatic rings. The van der Waals surface area contributed by atoms with E-state index in [-0.39, 0.29) is 22.2 Å². The number of nitrogens with one attached hydrogen (secondary N) is 3. The van der Waals surface area contributed by atoms with Gasteiger partial charge in [-0.15, -0.1) is 0 Å². The van der Waals surface area contributed by atoms with Gasteiger partial charge in [-0.1, -0.05) is 47.8 Å². The number of amidine groups is 2. The Morgan fingerprint density at radius 1 is 1.17 bits per heavy atom. The molecule has 0 heterocycles. The minimum atomic E-state index is 0.0192. The minimum absolute atomic E-state index is 0.0192. The molecule has 7 N–H and O–H groups in total. The molecular formula is C16H25N5OS2. The largest absolute Gasteiger partial charge is 0.379 e. The molecule has 1 atom stereocenters. The monoisotopic (exact) mass is 367 g/mol. The molecule has 0 fully saturated rings. The van der Waals surface area contributed by atoms with E-state index >= 15 is 0 Å². The third-order valence-electron chi connectivity index (χ3n) is 3.54. The summed E-state index contributed by atoms with van der Waals surface area (Å²) < 4.78 is 0. The lowest BCUT2D eigenvalue weighted by atomic mass is 9.94. The number of thioether (sulfide) groups is 2. The summed E-state index contributed by atoms with van der Waals surface area (Å²) in [6.45, 7) is 0. The van der Waals surface area contributed by atoms with Crippen molar-refractivity contribution in [2.75, 3.05) is 18.6 Å². The molecule has 1 amide bonds. The van der Waals surface area contributed by atoms with Gasteiger partial charge in [-0.2, -0.15) is 0 Å². The molecule has 6 nitrogen and oxygen atoms in total. The highest BCUT2D eigenvalue weighted by atomic mass is 32.2. The standard InChI is InChI=1S/C16H25N5OS2/c1-21-14(22)7-6-13(10-24-16(19)20)12-4-2-11(3-5-12)8-9-23-15(17)18/h2-5,13H,6-10H2,1H3,(H3,17,18)(H3,19,20)(H,21,22)/t13-/m0/s1. The number of hydrogen-bond acceptors (Lipinski definition) is 5. The van der Waals surface area contributed by atoms with Crippen LogP contribution in [0.5, 0.6) is 0 Å². The van der Waals surface area contributed by atoms with Crippen molar-refractivity contribution < 1.29 is 4.79 Å². The average molecular weight is 368 g/mol. The van der Waals surface area contributed by atoms with Gasteiger partial charge in [0, 0.05) is 25.0 Å². The van der Waals surface area contributed by atoms with Crippen molar-refractivity contribution in [1.29, 1.82) is 10.8 Å². The van der Waals surface area contributed by atoms with Crippen LogP contribution in [0.15, 0.2) is 24.3 Å². The van der Waals surface area contributed by atoms with Crippen LogP contribution < -0.4 is 16.8 Å². The van der Waals surface area contributed by atoms with Gasteiger partial charge in [0.05, 0.1) is 0 Å². The molecular weight excluding hydrogens is 342 g/mol. The van der Waals surface area contributed by atoms with E-state index in [4.69, 9.17) is 22.3 Å². The minimum Gasteiger partial charge on any atom is -0.379 e. The fourth-order valence-electron chi connectivity index (χ4n) is 2.20. The number of amides is 1. The summed E-state index contributed by atoms with van der Waals surface area (Å²) in [5, 5.41) is 17.5. The lowest BCUT2D eigenvalue weighted by Gasteiger charge is -2.17. The molecule has 24 heavy (non-hydrogen) atoms. The number of nitrogens with two attached hydrogens (primary N) is 2. The smallest absolute Gasteiger partial charge is 0.219 e. The van der Waals surface area contributed by atoms with E-state index in [9.17, 15) is 4.79 Å². The number of rotatable bonds is 9. The SMILES string of the molecule is CNC(=O)CC[C@@H](CSC(=N)N)c1ccc(CCSC(=N)N)cc1. The van der Waals surface area contributed by atoms with Crippen molar-refractivity contribution in [3.63, 3.8) is 0 Å². The first-order valence-corrected chi connectivity index (χ1v) is 9.62. The number of aryl methyl sites for hydroxylation is 1. The number of carbonyl (C=O) groups excluding carboxylic acids is 1. The van der Waals surface area contributed by atoms with E-state index in [1.165, 1.54) is 29.1 Å². The van der Waals surface area contributed by atoms with Gasteiger partial charge in [-0.25, -0.2) is 0 Å². The Hall–Kier alpha value is -1.67. The van der Waals surface area contributed by atoms with Gasteiger partial charge >= 0.3 is 0 Å². The van der Waals surface area contributed by atoms with E-state index in [0.717, 1.165) is 24.2 Å². The molecule has 1 rings (SSSR count). The van der Waals surface area contributed by atoms with Crippen LogP contribution in [0.4, 0.5) is 0 Å². The summed E-state index contributed by atoms with van der Waals surface area (Å²) in [5.74, 6) is 1.67. The predicted octanol–water partition coefficient (Wildman–Crippen LogP) is 2.09. The van der Waals surface area contributed by atoms with Gasteiger partial charge in [-0.3, -0.25) is 15.6 Å². The molecule has 0 radical (unpaired) electrons. The van der Waals surface area contributed by atoms with Crippen molar-refractivity contribution in [1.82, 2.24) is 5.32 Å². The second-order valence-corrected chi connectivity index (χ2v) is 7.49. The van der Waals surface area contributed by atoms with Crippen molar-refractivity contribution in [3.05, 3.63) is 35.4 Å². The maximum Gasteiger partial charge on any atom is 0.219 e. The van der Waals surface area contributed by atoms with Gasteiger partial charge in [-0.05, 0) is 29.9 Å². The third kappa shape index (κ3) is 8.26. The van der Waals surface area contributed by atoms with Gasteiger partial charge in [0.2, 0.25) is 5.91 Å². The summed E-state index contributed by atoms with van der Waals surface area (Å²) in [4.78, 5) is 11.5. The lowest BCUT2D eigenvalue weighted by Crippen LogP contribution is -2.19. The first kappa shape index (κ1) is 20.4. The van der Waals surface area contributed by atoms with Crippen LogP contribution in [0, 0.1) is 10.8 Å². The maximum atomic E-state index is 11.5. The highest BCUT2D eigenvalue weighted by Gasteiger charge is 2.14. The van der Waals surface area contributed by atoms with Crippen LogP contribution in [0.3, 0.4) is 0 Å². The highest BCUT2D eigenvalue weighted by Crippen LogP contribution is 2.26. The molecule has 0 spiro atoms. The van der Waals surface area contributed by atoms with Gasteiger partial charge in [0.25, 0.3) is 0 Å². The Kier molecular flexibility index (Phi) is 9.33. The third-order valence-corrected chi connectivity index (χ3v) is 5.14. The summed E-state index contributed by atoms with van der Waals surface area (Å²) in [6.07, 6.45) is 2.03. The summed E-state index contributed by atoms with van der Waals surface area (Å²) in [7, 11) is 1.63. The Labute approximate surface area is 151 Å². The average Bonchev–Trinajstić information content (AvgIpc) is 2.55. The molecule has 0 bridgehead atoms. The fourth-order valence-corrected chi connectivity index (χ4v) is 3.50. The van der Waals surface area contributed by atoms with E-state index in [2.05, 4.69) is 29.6 Å². The molecule has 0 aliphatic heterocycles. The van der Waals surface area contributed by atoms with Crippen LogP contribution in [0.1, 0.15) is 29.9 Å². The number of carbonyl (C=O) groups is 1. The quantitative estimate of drug-likeness (QED) is 0.337. The van der Waals surface area contributed by atoms with Crippen LogP contribution in [0.2, 0.25) is 0 Å². The molecule has 0 saturated heterocycles. The molecule has 0 unspecified atom stereocenters. The molecule has 132 valence electrons. The van der Waals surface area contributed by atoms with E-state index in [1.54, 1.807) is 7.05 Å². The summed E-state index contributed by atoms with van der Waals surface area (Å²) >= 11 is 2.64. The normalized spacial score (nSPS) is 11.7. The van der Waals surface area contributed by atoms with Crippen molar-refractivity contribution in [2.45, 2.75) is 25.2 Å². The Morgan fingerprint density at radius 3 is 2.33 bits per heavy atom. The molecule has 0 aromatic heterocycles. The summed E-state index contributed by atoms with van der Waals surface area (Å²) in [6, 6.07) is 8.29. The Morgan fingerprint density at radius 2 is 1.79 bits per heavy atom. The zero-order valence-corrected chi connectivity index (χ0v) is 15.4. The van der Waals surface area contributed by atoms with E-state index in [1.807, 2.05) is 0 Å². The highest BCUT2D eigenvalue weighted by molar-refractivity contribution is 8.13. The van der Waals surface area contributed by atoms with Crippen molar-refractivity contribution >= 4 is 39.8 Å². The predicted molar refractivity (Wildman–Crippen MR) is 105 cm³/mol. The van der Waals surface area contributed by atoms with Gasteiger partial charge in [0.15, 0.2) is 10.3 Å². The lowest BCUT2D eigenvalue weighted by molar-refractivity contribution is -0.120. The van der Waals surface area contributed by atoms with Crippen molar-refractivity contribution in [3.8, 4) is 0 Å². The first-order chi connectivity index (χ1) is 11.4. The molecule has 1 aromatic carbocycles. The maximum absolute atomic E-state index is 11.5. The van der Waals surface area contributed by atoms with Crippen LogP contribution in [-0.4, -0.2) is 34.8 Å². The molecule has 0 aliphatic rings. The van der Waals surface area contributed by atoms with Crippen LogP contribution >= 0.6 is 23.5 Å².